The smallest absolute Gasteiger partial charge is 0.251 e. The second kappa shape index (κ2) is 6.44. The second-order valence-corrected chi connectivity index (χ2v) is 5.52. The molecule has 6 heteroatoms. The number of nitrogens with one attached hydrogen (secondary N) is 1. The molecule has 0 aliphatic rings. The van der Waals surface area contributed by atoms with E-state index in [0.29, 0.717) is 29.3 Å². The number of benzene rings is 1. The van der Waals surface area contributed by atoms with Gasteiger partial charge in [-0.15, -0.1) is 11.3 Å². The summed E-state index contributed by atoms with van der Waals surface area (Å²) in [6.07, 6.45) is 0. The van der Waals surface area contributed by atoms with Gasteiger partial charge in [-0.25, -0.2) is 0 Å². The molecule has 0 unspecified atom stereocenters. The van der Waals surface area contributed by atoms with Crippen molar-refractivity contribution in [2.24, 2.45) is 0 Å². The van der Waals surface area contributed by atoms with E-state index < -0.39 is 0 Å². The molecule has 0 saturated carbocycles. The molecule has 3 aromatic rings. The first kappa shape index (κ1) is 14.3. The molecule has 0 saturated heterocycles. The van der Waals surface area contributed by atoms with E-state index in [2.05, 4.69) is 10.5 Å². The molecular weight excluding hydrogens is 300 g/mol. The SMILES string of the molecule is COc1ccc(C(=O)NCc2cc(-c3cccs3)on2)cc1. The molecule has 112 valence electrons. The highest BCUT2D eigenvalue weighted by Crippen LogP contribution is 2.25. The molecule has 1 N–H and O–H groups in total. The van der Waals surface area contributed by atoms with E-state index in [0.717, 1.165) is 4.88 Å². The van der Waals surface area contributed by atoms with Gasteiger partial charge >= 0.3 is 0 Å². The van der Waals surface area contributed by atoms with E-state index >= 15 is 0 Å². The summed E-state index contributed by atoms with van der Waals surface area (Å²) in [6, 6.07) is 12.7. The predicted molar refractivity (Wildman–Crippen MR) is 84.0 cm³/mol. The van der Waals surface area contributed by atoms with E-state index in [-0.39, 0.29) is 5.91 Å². The van der Waals surface area contributed by atoms with Gasteiger partial charge in [-0.3, -0.25) is 4.79 Å². The molecule has 2 heterocycles. The van der Waals surface area contributed by atoms with Crippen LogP contribution in [0.2, 0.25) is 0 Å². The number of hydrogen-bond donors (Lipinski definition) is 1. The van der Waals surface area contributed by atoms with Crippen molar-refractivity contribution in [1.82, 2.24) is 10.5 Å². The Kier molecular flexibility index (Phi) is 4.20. The van der Waals surface area contributed by atoms with Crippen LogP contribution in [-0.2, 0) is 6.54 Å². The number of aromatic nitrogens is 1. The highest BCUT2D eigenvalue weighted by molar-refractivity contribution is 7.13. The number of carbonyl (C=O) groups is 1. The fourth-order valence-electron chi connectivity index (χ4n) is 1.95. The van der Waals surface area contributed by atoms with Crippen LogP contribution in [0, 0.1) is 0 Å². The van der Waals surface area contributed by atoms with Crippen molar-refractivity contribution < 1.29 is 14.1 Å². The number of ether oxygens (including phenoxy) is 1. The van der Waals surface area contributed by atoms with Crippen molar-refractivity contribution in [3.05, 3.63) is 59.1 Å². The van der Waals surface area contributed by atoms with Gasteiger partial charge in [0.25, 0.3) is 5.91 Å². The largest absolute Gasteiger partial charge is 0.497 e. The van der Waals surface area contributed by atoms with Crippen molar-refractivity contribution in [2.75, 3.05) is 7.11 Å². The van der Waals surface area contributed by atoms with Crippen LogP contribution < -0.4 is 10.1 Å². The lowest BCUT2D eigenvalue weighted by Crippen LogP contribution is -2.22. The average Bonchev–Trinajstić information content (AvgIpc) is 3.23. The van der Waals surface area contributed by atoms with Crippen molar-refractivity contribution in [3.8, 4) is 16.4 Å². The molecule has 3 rings (SSSR count). The molecular formula is C16H14N2O3S. The van der Waals surface area contributed by atoms with Crippen LogP contribution in [0.25, 0.3) is 10.6 Å². The van der Waals surface area contributed by atoms with E-state index in [1.807, 2.05) is 23.6 Å². The van der Waals surface area contributed by atoms with Gasteiger partial charge in [0.1, 0.15) is 11.4 Å². The van der Waals surface area contributed by atoms with Gasteiger partial charge in [0, 0.05) is 11.6 Å². The first-order chi connectivity index (χ1) is 10.8. The Labute approximate surface area is 131 Å². The van der Waals surface area contributed by atoms with Gasteiger partial charge in [-0.1, -0.05) is 11.2 Å². The van der Waals surface area contributed by atoms with Gasteiger partial charge in [0.2, 0.25) is 0 Å². The normalized spacial score (nSPS) is 10.4. The molecule has 0 aliphatic carbocycles. The van der Waals surface area contributed by atoms with Crippen molar-refractivity contribution in [3.63, 3.8) is 0 Å². The van der Waals surface area contributed by atoms with Crippen LogP contribution in [0.1, 0.15) is 16.1 Å². The van der Waals surface area contributed by atoms with Crippen molar-refractivity contribution in [1.29, 1.82) is 0 Å². The van der Waals surface area contributed by atoms with Crippen LogP contribution in [0.4, 0.5) is 0 Å². The number of methoxy groups -OCH3 is 1. The molecule has 2 aromatic heterocycles. The zero-order valence-corrected chi connectivity index (χ0v) is 12.7. The summed E-state index contributed by atoms with van der Waals surface area (Å²) in [6.45, 7) is 0.319. The maximum Gasteiger partial charge on any atom is 0.251 e. The first-order valence-corrected chi connectivity index (χ1v) is 7.56. The second-order valence-electron chi connectivity index (χ2n) is 4.57. The number of rotatable bonds is 5. The molecule has 1 aromatic carbocycles. The average molecular weight is 314 g/mol. The van der Waals surface area contributed by atoms with Crippen LogP contribution in [0.3, 0.4) is 0 Å². The lowest BCUT2D eigenvalue weighted by molar-refractivity contribution is 0.0950. The van der Waals surface area contributed by atoms with Crippen LogP contribution in [-0.4, -0.2) is 18.2 Å². The summed E-state index contributed by atoms with van der Waals surface area (Å²) < 4.78 is 10.3. The third-order valence-corrected chi connectivity index (χ3v) is 3.99. The summed E-state index contributed by atoms with van der Waals surface area (Å²) in [5, 5.41) is 8.75. The molecule has 0 bridgehead atoms. The van der Waals surface area contributed by atoms with Crippen molar-refractivity contribution in [2.45, 2.75) is 6.54 Å². The topological polar surface area (TPSA) is 64.4 Å². The van der Waals surface area contributed by atoms with Gasteiger partial charge in [0.05, 0.1) is 18.5 Å². The molecule has 0 fully saturated rings. The molecule has 0 aliphatic heterocycles. The van der Waals surface area contributed by atoms with E-state index in [9.17, 15) is 4.79 Å². The van der Waals surface area contributed by atoms with Crippen molar-refractivity contribution >= 4 is 17.2 Å². The van der Waals surface area contributed by atoms with Crippen LogP contribution >= 0.6 is 11.3 Å². The minimum Gasteiger partial charge on any atom is -0.497 e. The molecule has 1 amide bonds. The third-order valence-electron chi connectivity index (χ3n) is 3.11. The van der Waals surface area contributed by atoms with Gasteiger partial charge < -0.3 is 14.6 Å². The third kappa shape index (κ3) is 3.17. The zero-order valence-electron chi connectivity index (χ0n) is 11.9. The molecule has 0 atom stereocenters. The summed E-state index contributed by atoms with van der Waals surface area (Å²) in [5.41, 5.74) is 1.26. The highest BCUT2D eigenvalue weighted by atomic mass is 32.1. The van der Waals surface area contributed by atoms with Crippen LogP contribution in [0.15, 0.2) is 52.4 Å². The predicted octanol–water partition coefficient (Wildman–Crippen LogP) is 3.34. The summed E-state index contributed by atoms with van der Waals surface area (Å²) >= 11 is 1.58. The minimum atomic E-state index is -0.164. The maximum absolute atomic E-state index is 12.0. The Morgan fingerprint density at radius 1 is 1.32 bits per heavy atom. The number of nitrogens with zero attached hydrogens (tertiary/aromatic N) is 1. The van der Waals surface area contributed by atoms with E-state index in [1.54, 1.807) is 42.7 Å². The Hall–Kier alpha value is -2.60. The van der Waals surface area contributed by atoms with E-state index in [1.165, 1.54) is 0 Å². The molecule has 0 spiro atoms. The summed E-state index contributed by atoms with van der Waals surface area (Å²) in [7, 11) is 1.59. The summed E-state index contributed by atoms with van der Waals surface area (Å²) in [5.74, 6) is 1.26. The monoisotopic (exact) mass is 314 g/mol. The number of thiophene rings is 1. The standard InChI is InChI=1S/C16H14N2O3S/c1-20-13-6-4-11(5-7-13)16(19)17-10-12-9-14(21-18-12)15-3-2-8-22-15/h2-9H,10H2,1H3,(H,17,19). The number of hydrogen-bond acceptors (Lipinski definition) is 5. The summed E-state index contributed by atoms with van der Waals surface area (Å²) in [4.78, 5) is 13.1. The maximum atomic E-state index is 12.0. The highest BCUT2D eigenvalue weighted by Gasteiger charge is 2.10. The Morgan fingerprint density at radius 2 is 2.14 bits per heavy atom. The Balaban J connectivity index is 1.61. The lowest BCUT2D eigenvalue weighted by Gasteiger charge is -2.04. The fraction of sp³-hybridized carbons (Fsp3) is 0.125. The van der Waals surface area contributed by atoms with Gasteiger partial charge in [-0.05, 0) is 35.7 Å². The minimum absolute atomic E-state index is 0.164. The number of carbonyl (C=O) groups excluding carboxylic acids is 1. The molecule has 5 nitrogen and oxygen atoms in total. The number of amides is 1. The Morgan fingerprint density at radius 3 is 2.82 bits per heavy atom. The quantitative estimate of drug-likeness (QED) is 0.784. The zero-order chi connectivity index (χ0) is 15.4. The lowest BCUT2D eigenvalue weighted by atomic mass is 10.2. The molecule has 22 heavy (non-hydrogen) atoms. The van der Waals surface area contributed by atoms with Crippen LogP contribution in [0.5, 0.6) is 5.75 Å². The Bertz CT molecular complexity index is 748. The molecule has 0 radical (unpaired) electrons. The van der Waals surface area contributed by atoms with Gasteiger partial charge in [0.15, 0.2) is 5.76 Å². The fourth-order valence-corrected chi connectivity index (χ4v) is 2.62. The van der Waals surface area contributed by atoms with Gasteiger partial charge in [-0.2, -0.15) is 0 Å². The first-order valence-electron chi connectivity index (χ1n) is 6.68. The van der Waals surface area contributed by atoms with E-state index in [4.69, 9.17) is 9.26 Å².